The quantitative estimate of drug-likeness (QED) is 0.293. The predicted octanol–water partition coefficient (Wildman–Crippen LogP) is 5.12. The van der Waals surface area contributed by atoms with Crippen LogP contribution in [-0.2, 0) is 11.3 Å². The lowest BCUT2D eigenvalue weighted by Gasteiger charge is -2.10. The number of Topliss-reactive ketones (excluding diaryl/α,β-unsaturated/α-hetero) is 1. The van der Waals surface area contributed by atoms with E-state index in [2.05, 4.69) is 10.4 Å². The number of amides is 1. The summed E-state index contributed by atoms with van der Waals surface area (Å²) >= 11 is 1.07. The molecule has 8 nitrogen and oxygen atoms in total. The highest BCUT2D eigenvalue weighted by molar-refractivity contribution is 7.18. The number of para-hydroxylation sites is 1. The van der Waals surface area contributed by atoms with Gasteiger partial charge in [0.2, 0.25) is 0 Å². The van der Waals surface area contributed by atoms with E-state index in [1.54, 1.807) is 30.8 Å². The number of nitrogens with one attached hydrogen (secondary N) is 1. The number of aromatic nitrogens is 3. The molecule has 0 fully saturated rings. The average Bonchev–Trinajstić information content (AvgIpc) is 3.43. The van der Waals surface area contributed by atoms with Crippen molar-refractivity contribution in [1.29, 1.82) is 0 Å². The number of ether oxygens (including phenoxy) is 1. The van der Waals surface area contributed by atoms with E-state index in [4.69, 9.17) is 9.72 Å². The van der Waals surface area contributed by atoms with E-state index in [1.807, 2.05) is 37.4 Å². The predicted molar refractivity (Wildman–Crippen MR) is 132 cm³/mol. The maximum atomic E-state index is 13.5. The summed E-state index contributed by atoms with van der Waals surface area (Å²) in [7, 11) is 0. The minimum atomic E-state index is -0.577. The van der Waals surface area contributed by atoms with Crippen LogP contribution in [0.4, 0.5) is 5.00 Å². The Morgan fingerprint density at radius 3 is 2.62 bits per heavy atom. The lowest BCUT2D eigenvalue weighted by atomic mass is 10.0. The van der Waals surface area contributed by atoms with Crippen molar-refractivity contribution in [3.8, 4) is 11.3 Å². The van der Waals surface area contributed by atoms with E-state index in [1.165, 1.54) is 6.92 Å². The van der Waals surface area contributed by atoms with Gasteiger partial charge in [-0.3, -0.25) is 14.3 Å². The van der Waals surface area contributed by atoms with Gasteiger partial charge in [-0.25, -0.2) is 9.78 Å². The van der Waals surface area contributed by atoms with Crippen LogP contribution in [0, 0.1) is 6.92 Å². The fourth-order valence-corrected chi connectivity index (χ4v) is 4.82. The molecule has 174 valence electrons. The molecule has 0 saturated heterocycles. The van der Waals surface area contributed by atoms with Crippen LogP contribution in [0.15, 0.2) is 42.7 Å². The monoisotopic (exact) mass is 476 g/mol. The number of hydrogen-bond acceptors (Lipinski definition) is 7. The summed E-state index contributed by atoms with van der Waals surface area (Å²) in [5, 5.41) is 8.11. The first kappa shape index (κ1) is 23.3. The van der Waals surface area contributed by atoms with Gasteiger partial charge in [-0.2, -0.15) is 5.10 Å². The Labute approximate surface area is 200 Å². The molecule has 9 heteroatoms. The minimum Gasteiger partial charge on any atom is -0.462 e. The van der Waals surface area contributed by atoms with Crippen LogP contribution in [0.3, 0.4) is 0 Å². The van der Waals surface area contributed by atoms with Crippen LogP contribution in [0.25, 0.3) is 22.2 Å². The molecule has 4 aromatic rings. The highest BCUT2D eigenvalue weighted by Crippen LogP contribution is 2.35. The number of rotatable bonds is 7. The van der Waals surface area contributed by atoms with Crippen molar-refractivity contribution in [2.75, 3.05) is 11.9 Å². The molecule has 3 aromatic heterocycles. The smallest absolute Gasteiger partial charge is 0.341 e. The molecule has 0 atom stereocenters. The summed E-state index contributed by atoms with van der Waals surface area (Å²) in [6, 6.07) is 9.07. The number of ketones is 1. The van der Waals surface area contributed by atoms with Gasteiger partial charge in [0.25, 0.3) is 5.91 Å². The molecular weight excluding hydrogens is 452 g/mol. The normalized spacial score (nSPS) is 10.9. The van der Waals surface area contributed by atoms with Crippen molar-refractivity contribution in [1.82, 2.24) is 14.8 Å². The molecule has 0 unspecified atom stereocenters. The van der Waals surface area contributed by atoms with E-state index >= 15 is 0 Å². The van der Waals surface area contributed by atoms with Gasteiger partial charge in [-0.05, 0) is 45.4 Å². The summed E-state index contributed by atoms with van der Waals surface area (Å²) in [5.41, 5.74) is 3.16. The molecular formula is C25H24N4O4S. The first-order valence-electron chi connectivity index (χ1n) is 10.9. The summed E-state index contributed by atoms with van der Waals surface area (Å²) in [4.78, 5) is 43.3. The van der Waals surface area contributed by atoms with Gasteiger partial charge < -0.3 is 10.1 Å². The van der Waals surface area contributed by atoms with E-state index in [9.17, 15) is 14.4 Å². The SMILES string of the molecule is CCOC(=O)c1c(NC(=O)c2cc(-c3cnn(CC)c3)nc3ccccc23)sc(C(C)=O)c1C. The third-order valence-corrected chi connectivity index (χ3v) is 6.70. The van der Waals surface area contributed by atoms with Gasteiger partial charge in [0.1, 0.15) is 5.00 Å². The van der Waals surface area contributed by atoms with Gasteiger partial charge in [0.15, 0.2) is 5.78 Å². The maximum Gasteiger partial charge on any atom is 0.341 e. The minimum absolute atomic E-state index is 0.181. The lowest BCUT2D eigenvalue weighted by Crippen LogP contribution is -2.15. The highest BCUT2D eigenvalue weighted by Gasteiger charge is 2.26. The molecule has 0 aliphatic carbocycles. The summed E-state index contributed by atoms with van der Waals surface area (Å²) in [5.74, 6) is -1.17. The van der Waals surface area contributed by atoms with Gasteiger partial charge in [0, 0.05) is 23.7 Å². The van der Waals surface area contributed by atoms with Gasteiger partial charge in [-0.15, -0.1) is 11.3 Å². The van der Waals surface area contributed by atoms with E-state index in [-0.39, 0.29) is 23.0 Å². The summed E-state index contributed by atoms with van der Waals surface area (Å²) in [6.07, 6.45) is 3.59. The van der Waals surface area contributed by atoms with Gasteiger partial charge in [0.05, 0.1) is 40.0 Å². The third kappa shape index (κ3) is 4.34. The molecule has 3 heterocycles. The molecule has 0 saturated carbocycles. The Kier molecular flexibility index (Phi) is 6.56. The molecule has 1 aromatic carbocycles. The van der Waals surface area contributed by atoms with Crippen molar-refractivity contribution in [2.45, 2.75) is 34.2 Å². The number of hydrogen-bond donors (Lipinski definition) is 1. The number of thiophene rings is 1. The number of carbonyl (C=O) groups excluding carboxylic acids is 3. The molecule has 0 bridgehead atoms. The largest absolute Gasteiger partial charge is 0.462 e. The van der Waals surface area contributed by atoms with Gasteiger partial charge >= 0.3 is 5.97 Å². The Morgan fingerprint density at radius 1 is 1.18 bits per heavy atom. The van der Waals surface area contributed by atoms with Crippen LogP contribution >= 0.6 is 11.3 Å². The molecule has 1 N–H and O–H groups in total. The fourth-order valence-electron chi connectivity index (χ4n) is 3.74. The van der Waals surface area contributed by atoms with E-state index in [0.29, 0.717) is 39.1 Å². The summed E-state index contributed by atoms with van der Waals surface area (Å²) < 4.78 is 6.96. The number of benzene rings is 1. The Morgan fingerprint density at radius 2 is 1.94 bits per heavy atom. The zero-order valence-electron chi connectivity index (χ0n) is 19.3. The number of esters is 1. The Hall–Kier alpha value is -3.85. The maximum absolute atomic E-state index is 13.5. The molecule has 0 aliphatic heterocycles. The molecule has 34 heavy (non-hydrogen) atoms. The zero-order valence-corrected chi connectivity index (χ0v) is 20.2. The van der Waals surface area contributed by atoms with Crippen LogP contribution in [-0.4, -0.2) is 39.0 Å². The standard InChI is InChI=1S/C25H24N4O4S/c1-5-29-13-16(12-26-29)20-11-18(17-9-7-8-10-19(17)27-20)23(31)28-24-21(25(32)33-6-2)14(3)22(34-24)15(4)30/h7-13H,5-6H2,1-4H3,(H,28,31). The first-order chi connectivity index (χ1) is 16.3. The molecule has 0 aliphatic rings. The number of aryl methyl sites for hydroxylation is 1. The number of carbonyl (C=O) groups is 3. The van der Waals surface area contributed by atoms with Gasteiger partial charge in [-0.1, -0.05) is 18.2 Å². The van der Waals surface area contributed by atoms with Crippen LogP contribution < -0.4 is 5.32 Å². The molecule has 4 rings (SSSR count). The van der Waals surface area contributed by atoms with Crippen molar-refractivity contribution in [2.24, 2.45) is 0 Å². The molecule has 0 spiro atoms. The molecule has 0 radical (unpaired) electrons. The summed E-state index contributed by atoms with van der Waals surface area (Å²) in [6.45, 7) is 7.70. The lowest BCUT2D eigenvalue weighted by molar-refractivity contribution is 0.0527. The van der Waals surface area contributed by atoms with Crippen LogP contribution in [0.2, 0.25) is 0 Å². The second kappa shape index (κ2) is 9.56. The zero-order chi connectivity index (χ0) is 24.4. The van der Waals surface area contributed by atoms with Crippen molar-refractivity contribution < 1.29 is 19.1 Å². The van der Waals surface area contributed by atoms with Crippen LogP contribution in [0.5, 0.6) is 0 Å². The molecule has 1 amide bonds. The third-order valence-electron chi connectivity index (χ3n) is 5.39. The average molecular weight is 477 g/mol. The second-order valence-corrected chi connectivity index (χ2v) is 8.67. The number of anilines is 1. The Bertz CT molecular complexity index is 1420. The Balaban J connectivity index is 1.80. The second-order valence-electron chi connectivity index (χ2n) is 7.65. The number of nitrogens with zero attached hydrogens (tertiary/aromatic N) is 3. The highest BCUT2D eigenvalue weighted by atomic mass is 32.1. The number of pyridine rings is 1. The topological polar surface area (TPSA) is 103 Å². The van der Waals surface area contributed by atoms with Crippen molar-refractivity contribution in [3.63, 3.8) is 0 Å². The van der Waals surface area contributed by atoms with Crippen molar-refractivity contribution >= 4 is 44.9 Å². The van der Waals surface area contributed by atoms with Crippen LogP contribution in [0.1, 0.15) is 56.7 Å². The van der Waals surface area contributed by atoms with E-state index in [0.717, 1.165) is 16.9 Å². The fraction of sp³-hybridized carbons (Fsp3) is 0.240. The van der Waals surface area contributed by atoms with Crippen molar-refractivity contribution in [3.05, 3.63) is 64.3 Å². The first-order valence-corrected chi connectivity index (χ1v) is 11.7. The number of fused-ring (bicyclic) bond motifs is 1. The van der Waals surface area contributed by atoms with E-state index < -0.39 is 11.9 Å².